The van der Waals surface area contributed by atoms with Gasteiger partial charge < -0.3 is 5.32 Å². The standard InChI is InChI=1S/C10H8BrClF3N/c1-6(12)5-16-9-4-7(10(13,14)15)2-3-8(9)11/h2-4,16H,1,5H2. The predicted molar refractivity (Wildman–Crippen MR) is 62.6 cm³/mol. The number of rotatable bonds is 3. The number of halogens is 5. The minimum atomic E-state index is -4.35. The van der Waals surface area contributed by atoms with Crippen LogP contribution in [0.2, 0.25) is 0 Å². The van der Waals surface area contributed by atoms with E-state index in [1.807, 2.05) is 0 Å². The van der Waals surface area contributed by atoms with Gasteiger partial charge in [-0.25, -0.2) is 0 Å². The average Bonchev–Trinajstić information content (AvgIpc) is 2.14. The van der Waals surface area contributed by atoms with Gasteiger partial charge in [0.2, 0.25) is 0 Å². The lowest BCUT2D eigenvalue weighted by Crippen LogP contribution is -2.07. The van der Waals surface area contributed by atoms with E-state index < -0.39 is 11.7 Å². The molecule has 0 aliphatic rings. The largest absolute Gasteiger partial charge is 0.416 e. The van der Waals surface area contributed by atoms with Gasteiger partial charge >= 0.3 is 6.18 Å². The Morgan fingerprint density at radius 3 is 2.56 bits per heavy atom. The van der Waals surface area contributed by atoms with Crippen molar-refractivity contribution in [3.63, 3.8) is 0 Å². The van der Waals surface area contributed by atoms with Crippen LogP contribution in [-0.2, 0) is 6.18 Å². The van der Waals surface area contributed by atoms with Crippen molar-refractivity contribution < 1.29 is 13.2 Å². The molecule has 88 valence electrons. The van der Waals surface area contributed by atoms with Crippen molar-refractivity contribution in [1.82, 2.24) is 0 Å². The van der Waals surface area contributed by atoms with E-state index in [9.17, 15) is 13.2 Å². The summed E-state index contributed by atoms with van der Waals surface area (Å²) in [6.07, 6.45) is -4.35. The second-order valence-corrected chi connectivity index (χ2v) is 4.45. The fourth-order valence-corrected chi connectivity index (χ4v) is 1.48. The van der Waals surface area contributed by atoms with Gasteiger partial charge in [-0.2, -0.15) is 13.2 Å². The minimum Gasteiger partial charge on any atom is -0.379 e. The number of alkyl halides is 3. The molecule has 1 aromatic rings. The van der Waals surface area contributed by atoms with Gasteiger partial charge in [-0.1, -0.05) is 18.2 Å². The van der Waals surface area contributed by atoms with Crippen LogP contribution in [0.15, 0.2) is 34.3 Å². The summed E-state index contributed by atoms with van der Waals surface area (Å²) < 4.78 is 37.8. The van der Waals surface area contributed by atoms with Crippen molar-refractivity contribution in [2.24, 2.45) is 0 Å². The van der Waals surface area contributed by atoms with Crippen molar-refractivity contribution in [2.45, 2.75) is 6.18 Å². The molecule has 0 fully saturated rings. The lowest BCUT2D eigenvalue weighted by Gasteiger charge is -2.12. The molecule has 0 bridgehead atoms. The minimum absolute atomic E-state index is 0.210. The van der Waals surface area contributed by atoms with Gasteiger partial charge in [0.15, 0.2) is 0 Å². The summed E-state index contributed by atoms with van der Waals surface area (Å²) in [5.41, 5.74) is -0.380. The van der Waals surface area contributed by atoms with Gasteiger partial charge in [-0.3, -0.25) is 0 Å². The van der Waals surface area contributed by atoms with E-state index in [-0.39, 0.29) is 6.54 Å². The van der Waals surface area contributed by atoms with E-state index in [2.05, 4.69) is 27.8 Å². The Bertz CT molecular complexity index is 404. The smallest absolute Gasteiger partial charge is 0.379 e. The van der Waals surface area contributed by atoms with Crippen LogP contribution in [0.3, 0.4) is 0 Å². The first-order valence-electron chi connectivity index (χ1n) is 4.24. The van der Waals surface area contributed by atoms with E-state index in [0.717, 1.165) is 12.1 Å². The van der Waals surface area contributed by atoms with Crippen LogP contribution >= 0.6 is 27.5 Å². The molecule has 0 unspecified atom stereocenters. The third-order valence-electron chi connectivity index (χ3n) is 1.76. The second-order valence-electron chi connectivity index (χ2n) is 3.06. The Morgan fingerprint density at radius 2 is 2.06 bits per heavy atom. The molecule has 0 saturated heterocycles. The van der Waals surface area contributed by atoms with Gasteiger partial charge in [0.1, 0.15) is 0 Å². The van der Waals surface area contributed by atoms with Crippen LogP contribution in [0.5, 0.6) is 0 Å². The molecule has 0 aliphatic heterocycles. The first-order valence-corrected chi connectivity index (χ1v) is 5.41. The molecule has 16 heavy (non-hydrogen) atoms. The van der Waals surface area contributed by atoms with Gasteiger partial charge in [-0.05, 0) is 34.1 Å². The molecule has 0 spiro atoms. The van der Waals surface area contributed by atoms with Gasteiger partial charge in [0.05, 0.1) is 12.1 Å². The summed E-state index contributed by atoms with van der Waals surface area (Å²) in [6.45, 7) is 3.65. The van der Waals surface area contributed by atoms with E-state index >= 15 is 0 Å². The summed E-state index contributed by atoms with van der Waals surface area (Å²) in [6, 6.07) is 3.36. The Hall–Kier alpha value is -0.680. The molecule has 1 nitrogen and oxygen atoms in total. The first-order chi connectivity index (χ1) is 7.30. The number of hydrogen-bond donors (Lipinski definition) is 1. The average molecular weight is 315 g/mol. The van der Waals surface area contributed by atoms with Gasteiger partial charge in [0.25, 0.3) is 0 Å². The second kappa shape index (κ2) is 5.10. The number of benzene rings is 1. The number of anilines is 1. The third-order valence-corrected chi connectivity index (χ3v) is 2.59. The highest BCUT2D eigenvalue weighted by atomic mass is 79.9. The summed E-state index contributed by atoms with van der Waals surface area (Å²) in [7, 11) is 0. The Balaban J connectivity index is 2.95. The van der Waals surface area contributed by atoms with Crippen molar-refractivity contribution in [3.8, 4) is 0 Å². The molecule has 1 aromatic carbocycles. The van der Waals surface area contributed by atoms with Gasteiger partial charge in [-0.15, -0.1) is 0 Å². The van der Waals surface area contributed by atoms with E-state index in [1.54, 1.807) is 0 Å². The SMILES string of the molecule is C=C(Cl)CNc1cc(C(F)(F)F)ccc1Br. The molecule has 0 aromatic heterocycles. The van der Waals surface area contributed by atoms with Crippen LogP contribution in [0.4, 0.5) is 18.9 Å². The molecule has 0 aliphatic carbocycles. The molecule has 1 rings (SSSR count). The van der Waals surface area contributed by atoms with Crippen molar-refractivity contribution in [3.05, 3.63) is 39.8 Å². The number of nitrogens with one attached hydrogen (secondary N) is 1. The molecule has 0 atom stereocenters. The van der Waals surface area contributed by atoms with Crippen molar-refractivity contribution in [2.75, 3.05) is 11.9 Å². The maximum atomic E-state index is 12.4. The monoisotopic (exact) mass is 313 g/mol. The van der Waals surface area contributed by atoms with Crippen LogP contribution in [-0.4, -0.2) is 6.54 Å². The molecule has 1 N–H and O–H groups in total. The number of hydrogen-bond acceptors (Lipinski definition) is 1. The molecule has 0 heterocycles. The van der Waals surface area contributed by atoms with Crippen molar-refractivity contribution in [1.29, 1.82) is 0 Å². The van der Waals surface area contributed by atoms with E-state index in [4.69, 9.17) is 11.6 Å². The zero-order valence-corrected chi connectivity index (χ0v) is 10.4. The summed E-state index contributed by atoms with van der Waals surface area (Å²) in [5.74, 6) is 0. The lowest BCUT2D eigenvalue weighted by atomic mass is 10.2. The Kier molecular flexibility index (Phi) is 4.27. The molecule has 6 heteroatoms. The van der Waals surface area contributed by atoms with E-state index in [1.165, 1.54) is 6.07 Å². The highest BCUT2D eigenvalue weighted by Crippen LogP contribution is 2.33. The topological polar surface area (TPSA) is 12.0 Å². The highest BCUT2D eigenvalue weighted by Gasteiger charge is 2.30. The summed E-state index contributed by atoms with van der Waals surface area (Å²) in [5, 5.41) is 3.07. The maximum absolute atomic E-state index is 12.4. The predicted octanol–water partition coefficient (Wildman–Crippen LogP) is 4.63. The highest BCUT2D eigenvalue weighted by molar-refractivity contribution is 9.10. The molecular weight excluding hydrogens is 306 g/mol. The van der Waals surface area contributed by atoms with Crippen molar-refractivity contribution >= 4 is 33.2 Å². The quantitative estimate of drug-likeness (QED) is 0.857. The zero-order chi connectivity index (χ0) is 12.3. The van der Waals surface area contributed by atoms with Gasteiger partial charge in [0, 0.05) is 15.2 Å². The van der Waals surface area contributed by atoms with Crippen LogP contribution < -0.4 is 5.32 Å². The molecule has 0 amide bonds. The maximum Gasteiger partial charge on any atom is 0.416 e. The zero-order valence-electron chi connectivity index (χ0n) is 8.04. The molecular formula is C10H8BrClF3N. The summed E-state index contributed by atoms with van der Waals surface area (Å²) >= 11 is 8.66. The Morgan fingerprint density at radius 1 is 1.44 bits per heavy atom. The normalized spacial score (nSPS) is 11.3. The molecule has 0 saturated carbocycles. The van der Waals surface area contributed by atoms with Crippen LogP contribution in [0.25, 0.3) is 0 Å². The first kappa shape index (κ1) is 13.4. The lowest BCUT2D eigenvalue weighted by molar-refractivity contribution is -0.137. The Labute approximate surface area is 104 Å². The van der Waals surface area contributed by atoms with E-state index in [0.29, 0.717) is 15.2 Å². The fraction of sp³-hybridized carbons (Fsp3) is 0.200. The van der Waals surface area contributed by atoms with Crippen LogP contribution in [0, 0.1) is 0 Å². The fourth-order valence-electron chi connectivity index (χ4n) is 1.03. The van der Waals surface area contributed by atoms with Crippen LogP contribution in [0.1, 0.15) is 5.56 Å². The third kappa shape index (κ3) is 3.72. The summed E-state index contributed by atoms with van der Waals surface area (Å²) in [4.78, 5) is 0. The molecule has 0 radical (unpaired) electrons.